The monoisotopic (exact) mass is 295 g/mol. The number of aryl methyl sites for hydroxylation is 1. The zero-order valence-electron chi connectivity index (χ0n) is 12.8. The number of anilines is 1. The molecule has 0 bridgehead atoms. The first-order valence-corrected chi connectivity index (χ1v) is 6.74. The number of nitriles is 1. The normalized spacial score (nSPS) is 10.9. The largest absolute Gasteiger partial charge is 0.497 e. The second-order valence-electron chi connectivity index (χ2n) is 4.81. The summed E-state index contributed by atoms with van der Waals surface area (Å²) in [5.74, 6) is 0.188. The quantitative estimate of drug-likeness (QED) is 0.696. The van der Waals surface area contributed by atoms with Gasteiger partial charge in [-0.05, 0) is 37.3 Å². The number of ether oxygens (including phenoxy) is 1. The lowest BCUT2D eigenvalue weighted by molar-refractivity contribution is -0.112. The van der Waals surface area contributed by atoms with E-state index in [4.69, 9.17) is 4.74 Å². The maximum atomic E-state index is 12.2. The second-order valence-corrected chi connectivity index (χ2v) is 4.81. The van der Waals surface area contributed by atoms with Gasteiger partial charge in [0.15, 0.2) is 0 Å². The number of nitrogens with one attached hydrogen (secondary N) is 1. The molecule has 1 aromatic heterocycles. The molecule has 0 unspecified atom stereocenters. The minimum atomic E-state index is -0.449. The molecule has 0 saturated heterocycles. The summed E-state index contributed by atoms with van der Waals surface area (Å²) in [4.78, 5) is 12.2. The van der Waals surface area contributed by atoms with Crippen molar-refractivity contribution in [2.75, 3.05) is 12.4 Å². The van der Waals surface area contributed by atoms with Gasteiger partial charge in [0.1, 0.15) is 17.4 Å². The van der Waals surface area contributed by atoms with E-state index in [0.29, 0.717) is 11.4 Å². The number of benzene rings is 1. The number of aromatic nitrogens is 1. The van der Waals surface area contributed by atoms with Gasteiger partial charge in [-0.1, -0.05) is 6.07 Å². The molecule has 22 heavy (non-hydrogen) atoms. The molecule has 0 saturated carbocycles. The van der Waals surface area contributed by atoms with Crippen LogP contribution in [0, 0.1) is 18.3 Å². The first kappa shape index (κ1) is 15.4. The average Bonchev–Trinajstić information content (AvgIpc) is 2.84. The molecular weight excluding hydrogens is 278 g/mol. The average molecular weight is 295 g/mol. The van der Waals surface area contributed by atoms with Gasteiger partial charge in [-0.15, -0.1) is 0 Å². The van der Waals surface area contributed by atoms with E-state index in [0.717, 1.165) is 11.4 Å². The van der Waals surface area contributed by atoms with E-state index in [1.54, 1.807) is 37.5 Å². The van der Waals surface area contributed by atoms with Gasteiger partial charge < -0.3 is 14.6 Å². The minimum Gasteiger partial charge on any atom is -0.497 e. The number of carbonyl (C=O) groups is 1. The number of hydrogen-bond donors (Lipinski definition) is 1. The van der Waals surface area contributed by atoms with Crippen molar-refractivity contribution in [3.8, 4) is 11.8 Å². The highest BCUT2D eigenvalue weighted by Gasteiger charge is 2.11. The van der Waals surface area contributed by atoms with Gasteiger partial charge in [0.25, 0.3) is 5.91 Å². The van der Waals surface area contributed by atoms with E-state index in [1.807, 2.05) is 36.7 Å². The number of rotatable bonds is 4. The van der Waals surface area contributed by atoms with Crippen molar-refractivity contribution < 1.29 is 9.53 Å². The summed E-state index contributed by atoms with van der Waals surface area (Å²) in [5.41, 5.74) is 2.48. The zero-order chi connectivity index (χ0) is 16.1. The van der Waals surface area contributed by atoms with Crippen LogP contribution in [0.25, 0.3) is 6.08 Å². The van der Waals surface area contributed by atoms with E-state index in [-0.39, 0.29) is 5.57 Å². The molecule has 2 rings (SSSR count). The molecule has 1 N–H and O–H groups in total. The number of nitrogens with zero attached hydrogens (tertiary/aromatic N) is 2. The van der Waals surface area contributed by atoms with Crippen molar-refractivity contribution >= 4 is 17.7 Å². The van der Waals surface area contributed by atoms with Crippen LogP contribution < -0.4 is 10.1 Å². The van der Waals surface area contributed by atoms with E-state index in [1.165, 1.54) is 0 Å². The Labute approximate surface area is 129 Å². The summed E-state index contributed by atoms with van der Waals surface area (Å²) < 4.78 is 7.02. The predicted octanol–water partition coefficient (Wildman–Crippen LogP) is 2.89. The van der Waals surface area contributed by atoms with E-state index in [2.05, 4.69) is 5.32 Å². The zero-order valence-corrected chi connectivity index (χ0v) is 12.8. The Kier molecular flexibility index (Phi) is 4.64. The number of methoxy groups -OCH3 is 1. The maximum Gasteiger partial charge on any atom is 0.266 e. The number of amides is 1. The van der Waals surface area contributed by atoms with Crippen LogP contribution >= 0.6 is 0 Å². The maximum absolute atomic E-state index is 12.2. The lowest BCUT2D eigenvalue weighted by Gasteiger charge is -2.06. The smallest absolute Gasteiger partial charge is 0.266 e. The van der Waals surface area contributed by atoms with E-state index < -0.39 is 5.91 Å². The Hall–Kier alpha value is -3.00. The molecule has 2 aromatic rings. The fourth-order valence-corrected chi connectivity index (χ4v) is 1.97. The van der Waals surface area contributed by atoms with Gasteiger partial charge in [-0.3, -0.25) is 4.79 Å². The van der Waals surface area contributed by atoms with E-state index >= 15 is 0 Å². The molecule has 1 aromatic carbocycles. The Morgan fingerprint density at radius 2 is 2.14 bits per heavy atom. The van der Waals surface area contributed by atoms with Gasteiger partial charge in [0.2, 0.25) is 0 Å². The molecule has 0 fully saturated rings. The SMILES string of the molecule is COc1cccc(NC(=O)/C(C#N)=C\c2ccc(C)n2C)c1. The molecule has 5 heteroatoms. The van der Waals surface area contributed by atoms with Gasteiger partial charge in [0, 0.05) is 30.2 Å². The first-order valence-electron chi connectivity index (χ1n) is 6.74. The molecular formula is C17H17N3O2. The highest BCUT2D eigenvalue weighted by atomic mass is 16.5. The van der Waals surface area contributed by atoms with Gasteiger partial charge in [-0.25, -0.2) is 0 Å². The van der Waals surface area contributed by atoms with Crippen molar-refractivity contribution in [3.05, 3.63) is 53.4 Å². The van der Waals surface area contributed by atoms with Gasteiger partial charge in [0.05, 0.1) is 7.11 Å². The summed E-state index contributed by atoms with van der Waals surface area (Å²) in [6, 6.07) is 12.7. The van der Waals surface area contributed by atoms with Crippen molar-refractivity contribution in [2.45, 2.75) is 6.92 Å². The third-order valence-electron chi connectivity index (χ3n) is 3.40. The Morgan fingerprint density at radius 1 is 1.36 bits per heavy atom. The van der Waals surface area contributed by atoms with Gasteiger partial charge in [-0.2, -0.15) is 5.26 Å². The summed E-state index contributed by atoms with van der Waals surface area (Å²) in [6.07, 6.45) is 1.57. The van der Waals surface area contributed by atoms with Crippen LogP contribution in [-0.4, -0.2) is 17.6 Å². The van der Waals surface area contributed by atoms with Crippen molar-refractivity contribution in [1.29, 1.82) is 5.26 Å². The molecule has 0 aliphatic rings. The highest BCUT2D eigenvalue weighted by Crippen LogP contribution is 2.18. The van der Waals surface area contributed by atoms with E-state index in [9.17, 15) is 10.1 Å². The summed E-state index contributed by atoms with van der Waals surface area (Å²) in [5, 5.41) is 11.9. The van der Waals surface area contributed by atoms with Crippen molar-refractivity contribution in [1.82, 2.24) is 4.57 Å². The second kappa shape index (κ2) is 6.64. The molecule has 0 radical (unpaired) electrons. The highest BCUT2D eigenvalue weighted by molar-refractivity contribution is 6.09. The fraction of sp³-hybridized carbons (Fsp3) is 0.176. The minimum absolute atomic E-state index is 0.0454. The molecule has 1 heterocycles. The Morgan fingerprint density at radius 3 is 2.73 bits per heavy atom. The lowest BCUT2D eigenvalue weighted by Crippen LogP contribution is -2.13. The molecule has 0 aliphatic carbocycles. The standard InChI is InChI=1S/C17H17N3O2/c1-12-7-8-15(20(12)2)9-13(11-18)17(21)19-14-5-4-6-16(10-14)22-3/h4-10H,1-3H3,(H,19,21)/b13-9-. The molecule has 0 spiro atoms. The molecule has 112 valence electrons. The Bertz CT molecular complexity index is 766. The molecule has 1 amide bonds. The van der Waals surface area contributed by atoms with Crippen LogP contribution in [0.1, 0.15) is 11.4 Å². The lowest BCUT2D eigenvalue weighted by atomic mass is 10.2. The number of carbonyl (C=O) groups excluding carboxylic acids is 1. The Balaban J connectivity index is 2.22. The first-order chi connectivity index (χ1) is 10.5. The summed E-state index contributed by atoms with van der Waals surface area (Å²) in [7, 11) is 3.44. The van der Waals surface area contributed by atoms with Crippen molar-refractivity contribution in [2.24, 2.45) is 7.05 Å². The van der Waals surface area contributed by atoms with Crippen LogP contribution in [-0.2, 0) is 11.8 Å². The summed E-state index contributed by atoms with van der Waals surface area (Å²) >= 11 is 0. The van der Waals surface area contributed by atoms with Crippen LogP contribution in [0.2, 0.25) is 0 Å². The summed E-state index contributed by atoms with van der Waals surface area (Å²) in [6.45, 7) is 1.96. The van der Waals surface area contributed by atoms with Crippen molar-refractivity contribution in [3.63, 3.8) is 0 Å². The van der Waals surface area contributed by atoms with Crippen LogP contribution in [0.3, 0.4) is 0 Å². The topological polar surface area (TPSA) is 67.0 Å². The molecule has 0 aliphatic heterocycles. The predicted molar refractivity (Wildman–Crippen MR) is 85.4 cm³/mol. The van der Waals surface area contributed by atoms with Crippen LogP contribution in [0.15, 0.2) is 42.0 Å². The van der Waals surface area contributed by atoms with Crippen LogP contribution in [0.5, 0.6) is 5.75 Å². The fourth-order valence-electron chi connectivity index (χ4n) is 1.97. The van der Waals surface area contributed by atoms with Crippen LogP contribution in [0.4, 0.5) is 5.69 Å². The third-order valence-corrected chi connectivity index (χ3v) is 3.40. The molecule has 0 atom stereocenters. The van der Waals surface area contributed by atoms with Gasteiger partial charge >= 0.3 is 0 Å². The number of hydrogen-bond acceptors (Lipinski definition) is 3. The third kappa shape index (κ3) is 3.36. The molecule has 5 nitrogen and oxygen atoms in total.